The lowest BCUT2D eigenvalue weighted by Crippen LogP contribution is -2.19. The van der Waals surface area contributed by atoms with Crippen molar-refractivity contribution < 1.29 is 9.53 Å². The molecule has 0 saturated carbocycles. The van der Waals surface area contributed by atoms with Gasteiger partial charge in [0.25, 0.3) is 5.56 Å². The lowest BCUT2D eigenvalue weighted by molar-refractivity contribution is 0.0600. The highest BCUT2D eigenvalue weighted by Crippen LogP contribution is 2.19. The van der Waals surface area contributed by atoms with Gasteiger partial charge in [0.15, 0.2) is 0 Å². The molecule has 0 aliphatic carbocycles. The topological polar surface area (TPSA) is 61.2 Å². The first kappa shape index (κ1) is 13.5. The Morgan fingerprint density at radius 3 is 2.84 bits per heavy atom. The van der Waals surface area contributed by atoms with Crippen LogP contribution in [0.1, 0.15) is 15.9 Å². The SMILES string of the molecule is COC(=O)c1ccc(Cn2cnccc2=O)c(Br)c1. The summed E-state index contributed by atoms with van der Waals surface area (Å²) in [5.41, 5.74) is 1.21. The number of halogens is 1. The summed E-state index contributed by atoms with van der Waals surface area (Å²) in [6, 6.07) is 6.50. The van der Waals surface area contributed by atoms with E-state index in [4.69, 9.17) is 0 Å². The first-order valence-corrected chi connectivity index (χ1v) is 6.28. The summed E-state index contributed by atoms with van der Waals surface area (Å²) >= 11 is 3.38. The Bertz CT molecular complexity index is 667. The van der Waals surface area contributed by atoms with E-state index in [9.17, 15) is 9.59 Å². The number of hydrogen-bond acceptors (Lipinski definition) is 4. The van der Waals surface area contributed by atoms with Gasteiger partial charge in [-0.1, -0.05) is 22.0 Å². The minimum atomic E-state index is -0.397. The molecule has 0 aliphatic rings. The first-order valence-electron chi connectivity index (χ1n) is 5.49. The number of esters is 1. The van der Waals surface area contributed by atoms with Crippen molar-refractivity contribution >= 4 is 21.9 Å². The number of carbonyl (C=O) groups is 1. The van der Waals surface area contributed by atoms with Gasteiger partial charge in [-0.05, 0) is 17.7 Å². The van der Waals surface area contributed by atoms with Crippen molar-refractivity contribution in [2.75, 3.05) is 7.11 Å². The molecule has 0 N–H and O–H groups in total. The molecule has 0 amide bonds. The Kier molecular flexibility index (Phi) is 4.11. The molecule has 0 radical (unpaired) electrons. The molecule has 0 atom stereocenters. The largest absolute Gasteiger partial charge is 0.465 e. The second-order valence-electron chi connectivity index (χ2n) is 3.84. The number of nitrogens with zero attached hydrogens (tertiary/aromatic N) is 2. The monoisotopic (exact) mass is 322 g/mol. The van der Waals surface area contributed by atoms with Crippen LogP contribution in [0.4, 0.5) is 0 Å². The van der Waals surface area contributed by atoms with Gasteiger partial charge in [-0.2, -0.15) is 0 Å². The predicted octanol–water partition coefficient (Wildman–Crippen LogP) is 1.84. The molecule has 5 nitrogen and oxygen atoms in total. The van der Waals surface area contributed by atoms with E-state index in [0.29, 0.717) is 12.1 Å². The maximum Gasteiger partial charge on any atom is 0.337 e. The molecule has 0 saturated heterocycles. The van der Waals surface area contributed by atoms with Crippen LogP contribution in [-0.2, 0) is 11.3 Å². The standard InChI is InChI=1S/C13H11BrN2O3/c1-19-13(18)9-2-3-10(11(14)6-9)7-16-8-15-5-4-12(16)17/h2-6,8H,7H2,1H3. The zero-order valence-electron chi connectivity index (χ0n) is 10.2. The average Bonchev–Trinajstić information content (AvgIpc) is 2.42. The van der Waals surface area contributed by atoms with Crippen LogP contribution in [0.15, 0.2) is 46.1 Å². The summed E-state index contributed by atoms with van der Waals surface area (Å²) in [6.07, 6.45) is 2.93. The Morgan fingerprint density at radius 2 is 2.21 bits per heavy atom. The molecule has 0 spiro atoms. The predicted molar refractivity (Wildman–Crippen MR) is 73.1 cm³/mol. The zero-order chi connectivity index (χ0) is 13.8. The van der Waals surface area contributed by atoms with Gasteiger partial charge in [0.05, 0.1) is 25.5 Å². The van der Waals surface area contributed by atoms with Crippen LogP contribution in [0.2, 0.25) is 0 Å². The van der Waals surface area contributed by atoms with Crippen LogP contribution >= 0.6 is 15.9 Å². The van der Waals surface area contributed by atoms with Crippen LogP contribution in [-0.4, -0.2) is 22.6 Å². The van der Waals surface area contributed by atoms with Crippen molar-refractivity contribution in [1.82, 2.24) is 9.55 Å². The van der Waals surface area contributed by atoms with Crippen LogP contribution in [0.3, 0.4) is 0 Å². The molecule has 0 fully saturated rings. The summed E-state index contributed by atoms with van der Waals surface area (Å²) in [7, 11) is 1.33. The van der Waals surface area contributed by atoms with E-state index in [2.05, 4.69) is 25.7 Å². The van der Waals surface area contributed by atoms with Gasteiger partial charge >= 0.3 is 5.97 Å². The molecular weight excluding hydrogens is 312 g/mol. The maximum atomic E-state index is 11.6. The van der Waals surface area contributed by atoms with Crippen molar-refractivity contribution in [3.63, 3.8) is 0 Å². The fraction of sp³-hybridized carbons (Fsp3) is 0.154. The highest BCUT2D eigenvalue weighted by Gasteiger charge is 2.09. The molecule has 6 heteroatoms. The number of ether oxygens (including phenoxy) is 1. The first-order chi connectivity index (χ1) is 9.11. The van der Waals surface area contributed by atoms with E-state index in [1.54, 1.807) is 18.2 Å². The van der Waals surface area contributed by atoms with Crippen LogP contribution in [0.25, 0.3) is 0 Å². The fourth-order valence-corrected chi connectivity index (χ4v) is 2.11. The highest BCUT2D eigenvalue weighted by molar-refractivity contribution is 9.10. The molecule has 2 rings (SSSR count). The van der Waals surface area contributed by atoms with Crippen molar-refractivity contribution in [2.24, 2.45) is 0 Å². The number of carbonyl (C=O) groups excluding carboxylic acids is 1. The normalized spacial score (nSPS) is 10.2. The lowest BCUT2D eigenvalue weighted by atomic mass is 10.1. The molecule has 19 heavy (non-hydrogen) atoms. The molecule has 2 aromatic rings. The van der Waals surface area contributed by atoms with E-state index < -0.39 is 5.97 Å². The van der Waals surface area contributed by atoms with Crippen molar-refractivity contribution in [1.29, 1.82) is 0 Å². The van der Waals surface area contributed by atoms with Gasteiger partial charge in [0, 0.05) is 16.7 Å². The van der Waals surface area contributed by atoms with Crippen LogP contribution < -0.4 is 5.56 Å². The lowest BCUT2D eigenvalue weighted by Gasteiger charge is -2.08. The maximum absolute atomic E-state index is 11.6. The van der Waals surface area contributed by atoms with Gasteiger partial charge in [-0.15, -0.1) is 0 Å². The molecule has 0 aliphatic heterocycles. The Balaban J connectivity index is 2.30. The van der Waals surface area contributed by atoms with Gasteiger partial charge in [-0.3, -0.25) is 9.36 Å². The molecule has 1 heterocycles. The third-order valence-electron chi connectivity index (χ3n) is 2.61. The highest BCUT2D eigenvalue weighted by atomic mass is 79.9. The zero-order valence-corrected chi connectivity index (χ0v) is 11.8. The second kappa shape index (κ2) is 5.79. The molecule has 1 aromatic heterocycles. The Hall–Kier alpha value is -1.95. The summed E-state index contributed by atoms with van der Waals surface area (Å²) in [4.78, 5) is 26.9. The number of rotatable bonds is 3. The summed E-state index contributed by atoms with van der Waals surface area (Å²) < 4.78 is 6.87. The smallest absolute Gasteiger partial charge is 0.337 e. The number of benzene rings is 1. The molecule has 0 unspecified atom stereocenters. The summed E-state index contributed by atoms with van der Waals surface area (Å²) in [6.45, 7) is 0.384. The fourth-order valence-electron chi connectivity index (χ4n) is 1.60. The average molecular weight is 323 g/mol. The third kappa shape index (κ3) is 3.08. The summed E-state index contributed by atoms with van der Waals surface area (Å²) in [5.74, 6) is -0.397. The number of methoxy groups -OCH3 is 1. The van der Waals surface area contributed by atoms with Crippen molar-refractivity contribution in [3.8, 4) is 0 Å². The van der Waals surface area contributed by atoms with E-state index in [1.807, 2.05) is 0 Å². The van der Waals surface area contributed by atoms with E-state index >= 15 is 0 Å². The summed E-state index contributed by atoms with van der Waals surface area (Å²) in [5, 5.41) is 0. The van der Waals surface area contributed by atoms with E-state index in [1.165, 1.54) is 30.3 Å². The second-order valence-corrected chi connectivity index (χ2v) is 4.70. The van der Waals surface area contributed by atoms with Gasteiger partial charge in [0.2, 0.25) is 0 Å². The van der Waals surface area contributed by atoms with Gasteiger partial charge in [-0.25, -0.2) is 9.78 Å². The Labute approximate surface area is 118 Å². The quantitative estimate of drug-likeness (QED) is 0.809. The van der Waals surface area contributed by atoms with Gasteiger partial charge in [0.1, 0.15) is 0 Å². The Morgan fingerprint density at radius 1 is 1.42 bits per heavy atom. The van der Waals surface area contributed by atoms with Crippen LogP contribution in [0, 0.1) is 0 Å². The minimum Gasteiger partial charge on any atom is -0.465 e. The van der Waals surface area contributed by atoms with Gasteiger partial charge < -0.3 is 4.74 Å². The third-order valence-corrected chi connectivity index (χ3v) is 3.35. The molecule has 0 bridgehead atoms. The minimum absolute atomic E-state index is 0.126. The molecular formula is C13H11BrN2O3. The number of hydrogen-bond donors (Lipinski definition) is 0. The van der Waals surface area contributed by atoms with Crippen LogP contribution in [0.5, 0.6) is 0 Å². The molecule has 98 valence electrons. The van der Waals surface area contributed by atoms with E-state index in [-0.39, 0.29) is 5.56 Å². The van der Waals surface area contributed by atoms with Crippen molar-refractivity contribution in [3.05, 3.63) is 62.7 Å². The van der Waals surface area contributed by atoms with E-state index in [0.717, 1.165) is 10.0 Å². The van der Waals surface area contributed by atoms with Crippen molar-refractivity contribution in [2.45, 2.75) is 6.54 Å². The number of aromatic nitrogens is 2. The molecule has 1 aromatic carbocycles.